The maximum atomic E-state index is 10.5. The molecule has 2 heterocycles. The number of carboxylic acids is 1. The molecule has 1 unspecified atom stereocenters. The van der Waals surface area contributed by atoms with Crippen LogP contribution in [0.4, 0.5) is 0 Å². The summed E-state index contributed by atoms with van der Waals surface area (Å²) in [4.78, 5) is 29.9. The molecule has 2 rings (SSSR count). The number of carbonyl (C=O) groups is 3. The van der Waals surface area contributed by atoms with Crippen molar-refractivity contribution in [1.82, 2.24) is 4.90 Å². The molecular weight excluding hydrogens is 278 g/mol. The molecule has 6 heteroatoms. The van der Waals surface area contributed by atoms with Gasteiger partial charge in [0.05, 0.1) is 5.92 Å². The second-order valence-corrected chi connectivity index (χ2v) is 5.32. The first-order chi connectivity index (χ1) is 9.59. The molecule has 0 saturated carbocycles. The van der Waals surface area contributed by atoms with Crippen LogP contribution in [0.2, 0.25) is 0 Å². The Labute approximate surface area is 124 Å². The molecule has 1 aliphatic heterocycles. The summed E-state index contributed by atoms with van der Waals surface area (Å²) in [5.41, 5.74) is 0. The molecule has 1 atom stereocenters. The number of rotatable bonds is 1. The zero-order chi connectivity index (χ0) is 16.0. The van der Waals surface area contributed by atoms with Crippen molar-refractivity contribution in [2.75, 3.05) is 20.1 Å². The van der Waals surface area contributed by atoms with Crippen molar-refractivity contribution in [3.05, 3.63) is 22.4 Å². The number of hydrogen-bond donors (Lipinski definition) is 1. The minimum Gasteiger partial charge on any atom is -0.481 e. The second kappa shape index (κ2) is 13.9. The highest BCUT2D eigenvalue weighted by Gasteiger charge is 2.22. The molecule has 0 amide bonds. The van der Waals surface area contributed by atoms with Gasteiger partial charge >= 0.3 is 5.97 Å². The minimum absolute atomic E-state index is 0.126. The van der Waals surface area contributed by atoms with Crippen LogP contribution in [0.1, 0.15) is 17.7 Å². The number of likely N-dealkylation sites (tertiary alicyclic amines) is 1. The number of carboxylic acid groups (broad SMARTS) is 1. The van der Waals surface area contributed by atoms with Gasteiger partial charge in [-0.15, -0.1) is 11.3 Å². The summed E-state index contributed by atoms with van der Waals surface area (Å²) >= 11 is 1.78. The number of thiophene rings is 1. The largest absolute Gasteiger partial charge is 0.481 e. The maximum Gasteiger partial charge on any atom is 0.307 e. The van der Waals surface area contributed by atoms with Crippen molar-refractivity contribution in [2.24, 2.45) is 5.92 Å². The number of nitrogens with zero attached hydrogens (tertiary/aromatic N) is 1. The fourth-order valence-electron chi connectivity index (χ4n) is 1.73. The molecule has 0 radical (unpaired) electrons. The van der Waals surface area contributed by atoms with E-state index in [1.165, 1.54) is 4.88 Å². The molecule has 0 aromatic carbocycles. The average Bonchev–Trinajstić information content (AvgIpc) is 2.95. The third kappa shape index (κ3) is 10.4. The molecule has 20 heavy (non-hydrogen) atoms. The molecule has 1 N–H and O–H groups in total. The minimum atomic E-state index is -0.647. The van der Waals surface area contributed by atoms with E-state index in [1.54, 1.807) is 11.3 Å². The Bertz CT molecular complexity index is 341. The number of piperidine rings is 1. The molecule has 1 saturated heterocycles. The first kappa shape index (κ1) is 20.8. The molecular formula is C14H23NO4S. The lowest BCUT2D eigenvalue weighted by Crippen LogP contribution is -2.35. The molecule has 1 aromatic heterocycles. The lowest BCUT2D eigenvalue weighted by atomic mass is 9.99. The van der Waals surface area contributed by atoms with E-state index in [0.29, 0.717) is 0 Å². The third-order valence-corrected chi connectivity index (χ3v) is 3.44. The van der Waals surface area contributed by atoms with E-state index in [-0.39, 0.29) is 5.92 Å². The average molecular weight is 301 g/mol. The Kier molecular flexibility index (Phi) is 14.4. The maximum absolute atomic E-state index is 10.5. The van der Waals surface area contributed by atoms with Crippen molar-refractivity contribution < 1.29 is 19.5 Å². The number of carbonyl (C=O) groups excluding carboxylic acids is 2. The van der Waals surface area contributed by atoms with Crippen molar-refractivity contribution in [2.45, 2.75) is 19.8 Å². The van der Waals surface area contributed by atoms with E-state index in [0.717, 1.165) is 25.9 Å². The van der Waals surface area contributed by atoms with Crippen LogP contribution < -0.4 is 0 Å². The summed E-state index contributed by atoms with van der Waals surface area (Å²) in [6.45, 7) is 7.86. The third-order valence-electron chi connectivity index (χ3n) is 2.64. The van der Waals surface area contributed by atoms with Gasteiger partial charge in [0.2, 0.25) is 0 Å². The molecule has 5 nitrogen and oxygen atoms in total. The van der Waals surface area contributed by atoms with E-state index in [1.807, 2.05) is 20.6 Å². The Morgan fingerprint density at radius 3 is 2.25 bits per heavy atom. The molecule has 114 valence electrons. The van der Waals surface area contributed by atoms with E-state index in [2.05, 4.69) is 29.3 Å². The first-order valence-corrected chi connectivity index (χ1v) is 6.96. The summed E-state index contributed by atoms with van der Waals surface area (Å²) in [6, 6.07) is 4.16. The summed E-state index contributed by atoms with van der Waals surface area (Å²) in [5.74, 6) is -0.773. The number of aryl methyl sites for hydroxylation is 1. The van der Waals surface area contributed by atoms with Crippen LogP contribution in [0.25, 0.3) is 0 Å². The highest BCUT2D eigenvalue weighted by atomic mass is 32.1. The van der Waals surface area contributed by atoms with Gasteiger partial charge in [-0.05, 0) is 44.8 Å². The van der Waals surface area contributed by atoms with Crippen LogP contribution in [0.3, 0.4) is 0 Å². The Balaban J connectivity index is 0. The van der Waals surface area contributed by atoms with E-state index in [9.17, 15) is 4.79 Å². The van der Waals surface area contributed by atoms with Crippen molar-refractivity contribution in [3.8, 4) is 0 Å². The predicted octanol–water partition coefficient (Wildman–Crippen LogP) is 2.10. The lowest BCUT2D eigenvalue weighted by molar-refractivity contribution is -0.143. The highest BCUT2D eigenvalue weighted by molar-refractivity contribution is 7.09. The molecule has 1 aromatic rings. The highest BCUT2D eigenvalue weighted by Crippen LogP contribution is 2.14. The van der Waals surface area contributed by atoms with Crippen LogP contribution in [0, 0.1) is 12.8 Å². The van der Waals surface area contributed by atoms with Gasteiger partial charge in [-0.2, -0.15) is 0 Å². The second-order valence-electron chi connectivity index (χ2n) is 4.16. The SMILES string of the molecule is C=O.C=O.CN1CCCC(C(=O)O)C1.Cc1cccs1. The number of hydrogen-bond acceptors (Lipinski definition) is 5. The van der Waals surface area contributed by atoms with Gasteiger partial charge in [0.15, 0.2) is 0 Å². The molecule has 0 bridgehead atoms. The first-order valence-electron chi connectivity index (χ1n) is 6.09. The summed E-state index contributed by atoms with van der Waals surface area (Å²) in [7, 11) is 1.97. The summed E-state index contributed by atoms with van der Waals surface area (Å²) in [6.07, 6.45) is 1.87. The standard InChI is InChI=1S/C7H13NO2.C5H6S.2CH2O/c1-8-4-2-3-6(5-8)7(9)10;1-5-3-2-4-6-5;2*1-2/h6H,2-5H2,1H3,(H,9,10);2-4H,1H3;2*1H2. The normalized spacial score (nSPS) is 17.2. The van der Waals surface area contributed by atoms with Crippen molar-refractivity contribution in [3.63, 3.8) is 0 Å². The monoisotopic (exact) mass is 301 g/mol. The molecule has 1 fully saturated rings. The van der Waals surface area contributed by atoms with Crippen molar-refractivity contribution in [1.29, 1.82) is 0 Å². The van der Waals surface area contributed by atoms with Crippen molar-refractivity contribution >= 4 is 30.9 Å². The summed E-state index contributed by atoms with van der Waals surface area (Å²) in [5, 5.41) is 10.7. The lowest BCUT2D eigenvalue weighted by Gasteiger charge is -2.26. The topological polar surface area (TPSA) is 74.7 Å². The van der Waals surface area contributed by atoms with Gasteiger partial charge in [-0.3, -0.25) is 4.79 Å². The van der Waals surface area contributed by atoms with Crippen LogP contribution in [0.15, 0.2) is 17.5 Å². The summed E-state index contributed by atoms with van der Waals surface area (Å²) < 4.78 is 0. The van der Waals surface area contributed by atoms with Gasteiger partial charge in [0, 0.05) is 11.4 Å². The smallest absolute Gasteiger partial charge is 0.307 e. The van der Waals surface area contributed by atoms with Crippen LogP contribution in [0.5, 0.6) is 0 Å². The van der Waals surface area contributed by atoms with Gasteiger partial charge in [0.25, 0.3) is 0 Å². The Morgan fingerprint density at radius 1 is 1.40 bits per heavy atom. The van der Waals surface area contributed by atoms with Gasteiger partial charge in [0.1, 0.15) is 13.6 Å². The molecule has 0 spiro atoms. The van der Waals surface area contributed by atoms with Crippen LogP contribution in [-0.4, -0.2) is 49.7 Å². The van der Waals surface area contributed by atoms with Gasteiger partial charge in [-0.25, -0.2) is 0 Å². The fraction of sp³-hybridized carbons (Fsp3) is 0.500. The predicted molar refractivity (Wildman–Crippen MR) is 81.2 cm³/mol. The van der Waals surface area contributed by atoms with E-state index >= 15 is 0 Å². The van der Waals surface area contributed by atoms with Crippen LogP contribution >= 0.6 is 11.3 Å². The van der Waals surface area contributed by atoms with Gasteiger partial charge < -0.3 is 19.6 Å². The van der Waals surface area contributed by atoms with Gasteiger partial charge in [-0.1, -0.05) is 6.07 Å². The quantitative estimate of drug-likeness (QED) is 0.859. The van der Waals surface area contributed by atoms with E-state index in [4.69, 9.17) is 14.7 Å². The Morgan fingerprint density at radius 2 is 2.00 bits per heavy atom. The Hall–Kier alpha value is -1.53. The van der Waals surface area contributed by atoms with E-state index < -0.39 is 5.97 Å². The fourth-order valence-corrected chi connectivity index (χ4v) is 2.26. The van der Waals surface area contributed by atoms with Crippen LogP contribution in [-0.2, 0) is 14.4 Å². The zero-order valence-corrected chi connectivity index (χ0v) is 12.9. The molecule has 0 aliphatic carbocycles. The molecule has 1 aliphatic rings. The number of aliphatic carboxylic acids is 1. The zero-order valence-electron chi connectivity index (χ0n) is 12.1.